The van der Waals surface area contributed by atoms with Gasteiger partial charge >= 0.3 is 5.97 Å². The Morgan fingerprint density at radius 1 is 1.86 bits per heavy atom. The molecule has 1 unspecified atom stereocenters. The predicted molar refractivity (Wildman–Crippen MR) is 33.3 cm³/mol. The van der Waals surface area contributed by atoms with E-state index >= 15 is 0 Å². The van der Waals surface area contributed by atoms with Gasteiger partial charge in [-0.25, -0.2) is 0 Å². The molecule has 0 aliphatic heterocycles. The highest BCUT2D eigenvalue weighted by molar-refractivity contribution is 9.10. The third kappa shape index (κ3) is 6.24. The van der Waals surface area contributed by atoms with Gasteiger partial charge in [0.25, 0.3) is 0 Å². The molecule has 4 heteroatoms. The smallest absolute Gasteiger partial charge is 0.316 e. The third-order valence-electron chi connectivity index (χ3n) is 0.340. The number of rotatable bonds is 1. The lowest BCUT2D eigenvalue weighted by molar-refractivity contribution is -0.135. The van der Waals surface area contributed by atoms with Crippen molar-refractivity contribution in [1.82, 2.24) is 0 Å². The number of carboxylic acid groups (broad SMARTS) is 1. The van der Waals surface area contributed by atoms with E-state index in [0.29, 0.717) is 0 Å². The summed E-state index contributed by atoms with van der Waals surface area (Å²) in [7, 11) is 0. The maximum atomic E-state index is 9.65. The number of carboxylic acids is 1. The highest BCUT2D eigenvalue weighted by Gasteiger charge is 2.01. The standard InChI is InChI=1S/C3H5BrO2.ClH/c1-2(4)3(5)6;/h2H,1H3,(H,5,6);1H. The Morgan fingerprint density at radius 3 is 2.00 bits per heavy atom. The predicted octanol–water partition coefficient (Wildman–Crippen LogP) is 1.28. The summed E-state index contributed by atoms with van der Waals surface area (Å²) in [6.07, 6.45) is 0. The molecule has 0 saturated heterocycles. The van der Waals surface area contributed by atoms with Gasteiger partial charge in [0.1, 0.15) is 4.83 Å². The lowest BCUT2D eigenvalue weighted by Crippen LogP contribution is -2.06. The lowest BCUT2D eigenvalue weighted by Gasteiger charge is -1.87. The van der Waals surface area contributed by atoms with E-state index in [4.69, 9.17) is 5.11 Å². The quantitative estimate of drug-likeness (QED) is 0.631. The van der Waals surface area contributed by atoms with Crippen molar-refractivity contribution in [1.29, 1.82) is 0 Å². The molecule has 1 atom stereocenters. The molecule has 0 saturated carbocycles. The van der Waals surface area contributed by atoms with Crippen molar-refractivity contribution in [3.8, 4) is 0 Å². The number of aliphatic carboxylic acids is 1. The molecule has 44 valence electrons. The molecule has 0 aliphatic carbocycles. The molecular weight excluding hydrogens is 183 g/mol. The molecule has 0 aromatic rings. The van der Waals surface area contributed by atoms with Crippen LogP contribution >= 0.6 is 28.3 Å². The lowest BCUT2D eigenvalue weighted by atomic mass is 10.5. The number of carbonyl (C=O) groups is 1. The normalized spacial score (nSPS) is 11.7. The Kier molecular flexibility index (Phi) is 6.45. The molecule has 0 heterocycles. The van der Waals surface area contributed by atoms with Crippen LogP contribution in [0.25, 0.3) is 0 Å². The van der Waals surface area contributed by atoms with Crippen LogP contribution in [0.15, 0.2) is 0 Å². The van der Waals surface area contributed by atoms with Gasteiger partial charge in [0.2, 0.25) is 0 Å². The molecule has 0 amide bonds. The van der Waals surface area contributed by atoms with E-state index in [0.717, 1.165) is 0 Å². The highest BCUT2D eigenvalue weighted by atomic mass is 79.9. The van der Waals surface area contributed by atoms with Gasteiger partial charge in [0.15, 0.2) is 0 Å². The van der Waals surface area contributed by atoms with Gasteiger partial charge in [-0.3, -0.25) is 4.79 Å². The Morgan fingerprint density at radius 2 is 2.00 bits per heavy atom. The average Bonchev–Trinajstić information content (AvgIpc) is 1.36. The first-order valence-corrected chi connectivity index (χ1v) is 2.43. The molecule has 0 radical (unpaired) electrons. The van der Waals surface area contributed by atoms with Gasteiger partial charge in [0.05, 0.1) is 0 Å². The molecule has 0 bridgehead atoms. The number of hydrogen-bond acceptors (Lipinski definition) is 1. The highest BCUT2D eigenvalue weighted by Crippen LogP contribution is 1.93. The number of alkyl halides is 1. The van der Waals surface area contributed by atoms with Crippen molar-refractivity contribution in [3.05, 3.63) is 0 Å². The Hall–Kier alpha value is 0.240. The van der Waals surface area contributed by atoms with E-state index in [2.05, 4.69) is 15.9 Å². The summed E-state index contributed by atoms with van der Waals surface area (Å²) < 4.78 is 0. The van der Waals surface area contributed by atoms with Crippen LogP contribution < -0.4 is 0 Å². The van der Waals surface area contributed by atoms with Crippen LogP contribution in [0.3, 0.4) is 0 Å². The van der Waals surface area contributed by atoms with Gasteiger partial charge in [0, 0.05) is 0 Å². The minimum Gasteiger partial charge on any atom is -0.480 e. The van der Waals surface area contributed by atoms with Crippen LogP contribution in [0.5, 0.6) is 0 Å². The van der Waals surface area contributed by atoms with Gasteiger partial charge in [-0.2, -0.15) is 0 Å². The van der Waals surface area contributed by atoms with E-state index in [1.165, 1.54) is 0 Å². The molecule has 0 fully saturated rings. The van der Waals surface area contributed by atoms with Crippen molar-refractivity contribution < 1.29 is 9.90 Å². The second-order valence-electron chi connectivity index (χ2n) is 0.954. The summed E-state index contributed by atoms with van der Waals surface area (Å²) in [5.41, 5.74) is 0. The summed E-state index contributed by atoms with van der Waals surface area (Å²) in [6.45, 7) is 1.56. The zero-order valence-corrected chi connectivity index (χ0v) is 6.12. The first kappa shape index (κ1) is 10.3. The summed E-state index contributed by atoms with van der Waals surface area (Å²) >= 11 is 2.84. The zero-order valence-electron chi connectivity index (χ0n) is 3.72. The second-order valence-corrected chi connectivity index (χ2v) is 2.33. The third-order valence-corrected chi connectivity index (χ3v) is 0.732. The molecule has 0 aromatic heterocycles. The first-order chi connectivity index (χ1) is 2.64. The number of halogens is 2. The molecule has 1 N–H and O–H groups in total. The van der Waals surface area contributed by atoms with Gasteiger partial charge in [-0.05, 0) is 6.92 Å². The first-order valence-electron chi connectivity index (χ1n) is 1.51. The second kappa shape index (κ2) is 4.40. The minimum absolute atomic E-state index is 0. The van der Waals surface area contributed by atoms with Crippen LogP contribution in [0.4, 0.5) is 0 Å². The number of hydrogen-bond donors (Lipinski definition) is 1. The molecular formula is C3H6BrClO2. The van der Waals surface area contributed by atoms with E-state index in [1.807, 2.05) is 0 Å². The molecule has 7 heavy (non-hydrogen) atoms. The van der Waals surface area contributed by atoms with E-state index in [1.54, 1.807) is 6.92 Å². The largest absolute Gasteiger partial charge is 0.480 e. The van der Waals surface area contributed by atoms with Crippen molar-refractivity contribution in [2.75, 3.05) is 0 Å². The van der Waals surface area contributed by atoms with Crippen LogP contribution in [-0.4, -0.2) is 15.9 Å². The molecule has 0 aromatic carbocycles. The zero-order chi connectivity index (χ0) is 5.15. The molecule has 0 aliphatic rings. The van der Waals surface area contributed by atoms with E-state index in [9.17, 15) is 4.79 Å². The van der Waals surface area contributed by atoms with Gasteiger partial charge < -0.3 is 5.11 Å². The molecule has 0 spiro atoms. The fourth-order valence-electron chi connectivity index (χ4n) is 0. The summed E-state index contributed by atoms with van der Waals surface area (Å²) in [5, 5.41) is 7.94. The van der Waals surface area contributed by atoms with Crippen molar-refractivity contribution in [3.63, 3.8) is 0 Å². The Labute approximate surface area is 56.4 Å². The van der Waals surface area contributed by atoms with Crippen LogP contribution in [0.1, 0.15) is 6.92 Å². The fraction of sp³-hybridized carbons (Fsp3) is 0.667. The van der Waals surface area contributed by atoms with E-state index < -0.39 is 10.8 Å². The molecule has 2 nitrogen and oxygen atoms in total. The van der Waals surface area contributed by atoms with E-state index in [-0.39, 0.29) is 12.4 Å². The maximum absolute atomic E-state index is 9.65. The Balaban J connectivity index is 0. The van der Waals surface area contributed by atoms with Crippen LogP contribution in [0.2, 0.25) is 0 Å². The van der Waals surface area contributed by atoms with Crippen LogP contribution in [-0.2, 0) is 4.79 Å². The summed E-state index contributed by atoms with van der Waals surface area (Å²) in [5.74, 6) is -0.824. The van der Waals surface area contributed by atoms with Crippen LogP contribution in [0, 0.1) is 0 Å². The topological polar surface area (TPSA) is 37.3 Å². The molecule has 0 rings (SSSR count). The van der Waals surface area contributed by atoms with Crippen molar-refractivity contribution in [2.45, 2.75) is 11.8 Å². The monoisotopic (exact) mass is 188 g/mol. The summed E-state index contributed by atoms with van der Waals surface area (Å²) in [6, 6.07) is 0. The summed E-state index contributed by atoms with van der Waals surface area (Å²) in [4.78, 5) is 9.23. The maximum Gasteiger partial charge on any atom is 0.316 e. The van der Waals surface area contributed by atoms with Gasteiger partial charge in [-0.1, -0.05) is 15.9 Å². The van der Waals surface area contributed by atoms with Crippen molar-refractivity contribution >= 4 is 34.3 Å². The average molecular weight is 189 g/mol. The minimum atomic E-state index is -0.824. The Bertz CT molecular complexity index is 64.0. The fourth-order valence-corrected chi connectivity index (χ4v) is 0. The van der Waals surface area contributed by atoms with Crippen molar-refractivity contribution in [2.24, 2.45) is 0 Å². The van der Waals surface area contributed by atoms with Gasteiger partial charge in [-0.15, -0.1) is 12.4 Å². The SMILES string of the molecule is CC(Br)C(=O)O.Cl.